The monoisotopic (exact) mass is 311 g/mol. The van der Waals surface area contributed by atoms with Crippen LogP contribution in [0.3, 0.4) is 0 Å². The maximum atomic E-state index is 5.72. The molecule has 0 saturated carbocycles. The highest BCUT2D eigenvalue weighted by molar-refractivity contribution is 5.49. The lowest BCUT2D eigenvalue weighted by Gasteiger charge is -2.38. The highest BCUT2D eigenvalue weighted by Crippen LogP contribution is 2.37. The first kappa shape index (κ1) is 14.2. The summed E-state index contributed by atoms with van der Waals surface area (Å²) in [5.74, 6) is 3.41. The van der Waals surface area contributed by atoms with Gasteiger partial charge in [-0.05, 0) is 37.3 Å². The third-order valence-corrected chi connectivity index (χ3v) is 4.68. The van der Waals surface area contributed by atoms with Crippen LogP contribution in [0.1, 0.15) is 44.2 Å². The molecule has 3 aromatic rings. The van der Waals surface area contributed by atoms with Gasteiger partial charge in [0.15, 0.2) is 0 Å². The second kappa shape index (κ2) is 5.68. The summed E-state index contributed by atoms with van der Waals surface area (Å²) in [6.07, 6.45) is 6.44. The predicted octanol–water partition coefficient (Wildman–Crippen LogP) is 3.26. The molecule has 23 heavy (non-hydrogen) atoms. The molecule has 0 amide bonds. The zero-order valence-electron chi connectivity index (χ0n) is 13.5. The molecule has 4 heterocycles. The number of fused-ring (bicyclic) bond motifs is 1. The van der Waals surface area contributed by atoms with Crippen LogP contribution in [0.5, 0.6) is 0 Å². The topological polar surface area (TPSA) is 59.5 Å². The Morgan fingerprint density at radius 3 is 3.09 bits per heavy atom. The van der Waals surface area contributed by atoms with E-state index in [2.05, 4.69) is 45.9 Å². The van der Waals surface area contributed by atoms with Gasteiger partial charge in [-0.3, -0.25) is 0 Å². The molecule has 3 aromatic heterocycles. The van der Waals surface area contributed by atoms with E-state index in [0.29, 0.717) is 11.7 Å². The molecule has 1 fully saturated rings. The molecule has 0 spiro atoms. The van der Waals surface area contributed by atoms with Crippen molar-refractivity contribution in [1.29, 1.82) is 0 Å². The molecule has 1 aliphatic rings. The molecule has 0 N–H and O–H groups in total. The van der Waals surface area contributed by atoms with Gasteiger partial charge >= 0.3 is 0 Å². The fourth-order valence-corrected chi connectivity index (χ4v) is 3.40. The first-order valence-corrected chi connectivity index (χ1v) is 8.26. The van der Waals surface area contributed by atoms with Crippen LogP contribution in [0.15, 0.2) is 35.2 Å². The SMILES string of the molecule is CCc1cc(N2CCC(C)CC2c2ccco2)n2ncnc2n1. The van der Waals surface area contributed by atoms with E-state index in [-0.39, 0.29) is 6.04 Å². The highest BCUT2D eigenvalue weighted by Gasteiger charge is 2.31. The Morgan fingerprint density at radius 1 is 1.39 bits per heavy atom. The van der Waals surface area contributed by atoms with Crippen molar-refractivity contribution in [1.82, 2.24) is 19.6 Å². The van der Waals surface area contributed by atoms with Gasteiger partial charge in [-0.2, -0.15) is 14.6 Å². The summed E-state index contributed by atoms with van der Waals surface area (Å²) in [6.45, 7) is 5.40. The summed E-state index contributed by atoms with van der Waals surface area (Å²) < 4.78 is 7.56. The van der Waals surface area contributed by atoms with Gasteiger partial charge in [-0.25, -0.2) is 4.98 Å². The number of furan rings is 1. The molecule has 1 aliphatic heterocycles. The van der Waals surface area contributed by atoms with Gasteiger partial charge in [0.2, 0.25) is 0 Å². The number of rotatable bonds is 3. The fourth-order valence-electron chi connectivity index (χ4n) is 3.40. The fraction of sp³-hybridized carbons (Fsp3) is 0.471. The van der Waals surface area contributed by atoms with E-state index >= 15 is 0 Å². The van der Waals surface area contributed by atoms with Gasteiger partial charge in [0.05, 0.1) is 12.3 Å². The molecule has 2 unspecified atom stereocenters. The maximum absolute atomic E-state index is 5.72. The van der Waals surface area contributed by atoms with Crippen molar-refractivity contribution >= 4 is 11.6 Å². The predicted molar refractivity (Wildman–Crippen MR) is 87.4 cm³/mol. The molecule has 6 nitrogen and oxygen atoms in total. The summed E-state index contributed by atoms with van der Waals surface area (Å²) >= 11 is 0. The Labute approximate surface area is 135 Å². The van der Waals surface area contributed by atoms with E-state index in [9.17, 15) is 0 Å². The standard InChI is InChI=1S/C17H21N5O/c1-3-13-10-16(22-17(20-13)18-11-19-22)21-7-6-12(2)9-14(21)15-5-4-8-23-15/h4-5,8,10-12,14H,3,6-7,9H2,1-2H3. The Bertz CT molecular complexity index is 795. The van der Waals surface area contributed by atoms with E-state index in [0.717, 1.165) is 43.1 Å². The molecule has 6 heteroatoms. The second-order valence-corrected chi connectivity index (χ2v) is 6.29. The average molecular weight is 311 g/mol. The maximum Gasteiger partial charge on any atom is 0.254 e. The molecular weight excluding hydrogens is 290 g/mol. The van der Waals surface area contributed by atoms with Crippen LogP contribution < -0.4 is 4.90 Å². The molecule has 2 atom stereocenters. The summed E-state index contributed by atoms with van der Waals surface area (Å²) in [5, 5.41) is 4.37. The lowest BCUT2D eigenvalue weighted by molar-refractivity contribution is 0.326. The molecule has 4 rings (SSSR count). The zero-order chi connectivity index (χ0) is 15.8. The van der Waals surface area contributed by atoms with Crippen molar-refractivity contribution in [2.45, 2.75) is 39.2 Å². The van der Waals surface area contributed by atoms with Gasteiger partial charge in [0.1, 0.15) is 17.9 Å². The van der Waals surface area contributed by atoms with E-state index in [4.69, 9.17) is 4.42 Å². The smallest absolute Gasteiger partial charge is 0.254 e. The largest absolute Gasteiger partial charge is 0.467 e. The van der Waals surface area contributed by atoms with Crippen LogP contribution in [-0.2, 0) is 6.42 Å². The normalized spacial score (nSPS) is 21.9. The van der Waals surface area contributed by atoms with Crippen molar-refractivity contribution in [3.8, 4) is 0 Å². The molecule has 0 bridgehead atoms. The summed E-state index contributed by atoms with van der Waals surface area (Å²) in [5.41, 5.74) is 1.04. The van der Waals surface area contributed by atoms with E-state index in [1.807, 2.05) is 10.6 Å². The summed E-state index contributed by atoms with van der Waals surface area (Å²) in [4.78, 5) is 11.2. The van der Waals surface area contributed by atoms with Crippen molar-refractivity contribution < 1.29 is 4.42 Å². The average Bonchev–Trinajstić information content (AvgIpc) is 3.25. The first-order valence-electron chi connectivity index (χ1n) is 8.26. The number of piperidine rings is 1. The third-order valence-electron chi connectivity index (χ3n) is 4.68. The molecule has 1 saturated heterocycles. The van der Waals surface area contributed by atoms with Crippen LogP contribution >= 0.6 is 0 Å². The second-order valence-electron chi connectivity index (χ2n) is 6.29. The quantitative estimate of drug-likeness (QED) is 0.743. The Morgan fingerprint density at radius 2 is 2.30 bits per heavy atom. The minimum Gasteiger partial charge on any atom is -0.467 e. The third kappa shape index (κ3) is 2.48. The zero-order valence-corrected chi connectivity index (χ0v) is 13.5. The number of aryl methyl sites for hydroxylation is 1. The first-order chi connectivity index (χ1) is 11.3. The highest BCUT2D eigenvalue weighted by atomic mass is 16.3. The van der Waals surface area contributed by atoms with Gasteiger partial charge < -0.3 is 9.32 Å². The molecule has 0 aliphatic carbocycles. The van der Waals surface area contributed by atoms with Crippen LogP contribution in [0, 0.1) is 5.92 Å². The van der Waals surface area contributed by atoms with Crippen molar-refractivity contribution in [3.63, 3.8) is 0 Å². The van der Waals surface area contributed by atoms with Gasteiger partial charge in [-0.15, -0.1) is 0 Å². The van der Waals surface area contributed by atoms with Crippen molar-refractivity contribution in [2.75, 3.05) is 11.4 Å². The van der Waals surface area contributed by atoms with Crippen molar-refractivity contribution in [2.24, 2.45) is 5.92 Å². The minimum absolute atomic E-state index is 0.230. The van der Waals surface area contributed by atoms with Crippen LogP contribution in [-0.4, -0.2) is 26.1 Å². The van der Waals surface area contributed by atoms with Gasteiger partial charge in [-0.1, -0.05) is 13.8 Å². The van der Waals surface area contributed by atoms with Gasteiger partial charge in [0.25, 0.3) is 5.78 Å². The Kier molecular flexibility index (Phi) is 3.52. The molecule has 0 aromatic carbocycles. The number of nitrogens with zero attached hydrogens (tertiary/aromatic N) is 5. The van der Waals surface area contributed by atoms with Crippen LogP contribution in [0.2, 0.25) is 0 Å². The molecular formula is C17H21N5O. The van der Waals surface area contributed by atoms with Crippen LogP contribution in [0.25, 0.3) is 5.78 Å². The number of aromatic nitrogens is 4. The summed E-state index contributed by atoms with van der Waals surface area (Å²) in [6, 6.07) is 6.39. The number of hydrogen-bond acceptors (Lipinski definition) is 5. The lowest BCUT2D eigenvalue weighted by Crippen LogP contribution is -2.37. The van der Waals surface area contributed by atoms with E-state index < -0.39 is 0 Å². The number of hydrogen-bond donors (Lipinski definition) is 0. The number of anilines is 1. The van der Waals surface area contributed by atoms with Crippen molar-refractivity contribution in [3.05, 3.63) is 42.2 Å². The molecule has 120 valence electrons. The lowest BCUT2D eigenvalue weighted by atomic mass is 9.91. The summed E-state index contributed by atoms with van der Waals surface area (Å²) in [7, 11) is 0. The Balaban J connectivity index is 1.82. The Hall–Kier alpha value is -2.37. The van der Waals surface area contributed by atoms with E-state index in [1.165, 1.54) is 0 Å². The van der Waals surface area contributed by atoms with Gasteiger partial charge in [0, 0.05) is 18.3 Å². The molecule has 0 radical (unpaired) electrons. The minimum atomic E-state index is 0.230. The van der Waals surface area contributed by atoms with E-state index in [1.54, 1.807) is 12.6 Å². The van der Waals surface area contributed by atoms with Crippen LogP contribution in [0.4, 0.5) is 5.82 Å².